The molecule has 24 heavy (non-hydrogen) atoms. The maximum absolute atomic E-state index is 12.9. The van der Waals surface area contributed by atoms with Crippen LogP contribution in [-0.4, -0.2) is 21.4 Å². The molecule has 0 spiro atoms. The summed E-state index contributed by atoms with van der Waals surface area (Å²) >= 11 is 0. The molecule has 0 bridgehead atoms. The number of rotatable bonds is 7. The van der Waals surface area contributed by atoms with Gasteiger partial charge in [-0.3, -0.25) is 4.68 Å². The third-order valence-electron chi connectivity index (χ3n) is 3.80. The molecule has 0 aliphatic heterocycles. The van der Waals surface area contributed by atoms with Crippen molar-refractivity contribution in [2.24, 2.45) is 0 Å². The fourth-order valence-corrected chi connectivity index (χ4v) is 2.51. The number of halogens is 1. The molecule has 2 N–H and O–H groups in total. The highest BCUT2D eigenvalue weighted by Crippen LogP contribution is 2.12. The van der Waals surface area contributed by atoms with Crippen LogP contribution in [0.25, 0.3) is 0 Å². The smallest absolute Gasteiger partial charge is 0.123 e. The largest absolute Gasteiger partial charge is 0.387 e. The number of nitrogens with zero attached hydrogens (tertiary/aromatic N) is 2. The van der Waals surface area contributed by atoms with Gasteiger partial charge in [0.1, 0.15) is 5.82 Å². The number of hydrogen-bond acceptors (Lipinski definition) is 3. The lowest BCUT2D eigenvalue weighted by molar-refractivity contribution is 0.174. The van der Waals surface area contributed by atoms with Crippen LogP contribution in [0.5, 0.6) is 0 Å². The molecule has 0 saturated heterocycles. The van der Waals surface area contributed by atoms with Crippen LogP contribution in [0.2, 0.25) is 0 Å². The van der Waals surface area contributed by atoms with E-state index in [0.29, 0.717) is 18.7 Å². The summed E-state index contributed by atoms with van der Waals surface area (Å²) in [6.45, 7) is 1.75. The van der Waals surface area contributed by atoms with Crippen LogP contribution in [0.4, 0.5) is 4.39 Å². The Morgan fingerprint density at radius 3 is 2.54 bits per heavy atom. The van der Waals surface area contributed by atoms with E-state index in [1.54, 1.807) is 12.1 Å². The summed E-state index contributed by atoms with van der Waals surface area (Å²) in [4.78, 5) is 0. The number of nitrogens with one attached hydrogen (secondary N) is 1. The second kappa shape index (κ2) is 7.86. The summed E-state index contributed by atoms with van der Waals surface area (Å²) in [7, 11) is 0. The molecule has 3 aromatic rings. The van der Waals surface area contributed by atoms with Crippen LogP contribution >= 0.6 is 0 Å². The minimum atomic E-state index is -0.662. The van der Waals surface area contributed by atoms with Crippen molar-refractivity contribution >= 4 is 0 Å². The van der Waals surface area contributed by atoms with Crippen molar-refractivity contribution in [1.29, 1.82) is 0 Å². The first-order chi connectivity index (χ1) is 11.7. The molecule has 2 aromatic carbocycles. The summed E-state index contributed by atoms with van der Waals surface area (Å²) < 4.78 is 14.8. The topological polar surface area (TPSA) is 50.1 Å². The van der Waals surface area contributed by atoms with Crippen molar-refractivity contribution in [2.45, 2.75) is 19.2 Å². The third-order valence-corrected chi connectivity index (χ3v) is 3.80. The van der Waals surface area contributed by atoms with Crippen molar-refractivity contribution < 1.29 is 9.50 Å². The molecular formula is C19H20FN3O. The highest BCUT2D eigenvalue weighted by molar-refractivity contribution is 5.19. The molecule has 1 heterocycles. The first kappa shape index (κ1) is 16.4. The zero-order valence-electron chi connectivity index (χ0n) is 13.3. The summed E-state index contributed by atoms with van der Waals surface area (Å²) in [6, 6.07) is 16.1. The second-order valence-electron chi connectivity index (χ2n) is 5.73. The van der Waals surface area contributed by atoms with Crippen molar-refractivity contribution in [3.8, 4) is 0 Å². The normalized spacial score (nSPS) is 12.2. The molecule has 0 amide bonds. The Kier molecular flexibility index (Phi) is 5.36. The Morgan fingerprint density at radius 2 is 1.79 bits per heavy atom. The highest BCUT2D eigenvalue weighted by Gasteiger charge is 2.07. The molecule has 0 unspecified atom stereocenters. The van der Waals surface area contributed by atoms with Crippen molar-refractivity contribution in [2.75, 3.05) is 6.54 Å². The van der Waals surface area contributed by atoms with Gasteiger partial charge in [-0.15, -0.1) is 0 Å². The number of aromatic nitrogens is 2. The average Bonchev–Trinajstić information content (AvgIpc) is 3.03. The fourth-order valence-electron chi connectivity index (χ4n) is 2.51. The van der Waals surface area contributed by atoms with Crippen LogP contribution in [0.1, 0.15) is 22.8 Å². The Hall–Kier alpha value is -2.50. The van der Waals surface area contributed by atoms with E-state index in [0.717, 1.165) is 12.1 Å². The van der Waals surface area contributed by atoms with Gasteiger partial charge in [0.15, 0.2) is 0 Å². The lowest BCUT2D eigenvalue weighted by Gasteiger charge is -2.11. The monoisotopic (exact) mass is 325 g/mol. The lowest BCUT2D eigenvalue weighted by atomic mass is 10.1. The quantitative estimate of drug-likeness (QED) is 0.702. The molecular weight excluding hydrogens is 305 g/mol. The summed E-state index contributed by atoms with van der Waals surface area (Å²) in [5.41, 5.74) is 2.95. The van der Waals surface area contributed by atoms with Crippen molar-refractivity contribution in [1.82, 2.24) is 15.1 Å². The molecule has 0 fully saturated rings. The van der Waals surface area contributed by atoms with Crippen LogP contribution in [0.15, 0.2) is 67.0 Å². The summed E-state index contributed by atoms with van der Waals surface area (Å²) in [6.07, 6.45) is 3.15. The van der Waals surface area contributed by atoms with E-state index in [-0.39, 0.29) is 5.82 Å². The van der Waals surface area contributed by atoms with E-state index in [1.165, 1.54) is 17.7 Å². The van der Waals surface area contributed by atoms with Crippen LogP contribution in [-0.2, 0) is 13.1 Å². The van der Waals surface area contributed by atoms with E-state index in [1.807, 2.05) is 35.3 Å². The zero-order chi connectivity index (χ0) is 16.8. The Balaban J connectivity index is 1.48. The number of aliphatic hydroxyl groups excluding tert-OH is 1. The maximum Gasteiger partial charge on any atom is 0.123 e. The Bertz CT molecular complexity index is 756. The van der Waals surface area contributed by atoms with Gasteiger partial charge < -0.3 is 10.4 Å². The van der Waals surface area contributed by atoms with E-state index in [9.17, 15) is 9.50 Å². The minimum absolute atomic E-state index is 0.301. The van der Waals surface area contributed by atoms with Crippen LogP contribution in [0, 0.1) is 5.82 Å². The molecule has 0 aliphatic rings. The van der Waals surface area contributed by atoms with E-state index in [4.69, 9.17) is 0 Å². The van der Waals surface area contributed by atoms with Gasteiger partial charge >= 0.3 is 0 Å². The van der Waals surface area contributed by atoms with E-state index < -0.39 is 6.10 Å². The predicted molar refractivity (Wildman–Crippen MR) is 90.8 cm³/mol. The van der Waals surface area contributed by atoms with Gasteiger partial charge in [0, 0.05) is 24.8 Å². The molecule has 124 valence electrons. The summed E-state index contributed by atoms with van der Waals surface area (Å²) in [5.74, 6) is -0.301. The van der Waals surface area contributed by atoms with Gasteiger partial charge in [-0.25, -0.2) is 4.39 Å². The zero-order valence-corrected chi connectivity index (χ0v) is 13.3. The SMILES string of the molecule is O[C@@H](CNCc1cnn(Cc2ccccc2)c1)c1ccc(F)cc1. The van der Waals surface area contributed by atoms with Gasteiger partial charge in [0.25, 0.3) is 0 Å². The van der Waals surface area contributed by atoms with Crippen molar-refractivity contribution in [3.05, 3.63) is 89.5 Å². The predicted octanol–water partition coefficient (Wildman–Crippen LogP) is 2.89. The van der Waals surface area contributed by atoms with Gasteiger partial charge in [0.05, 0.1) is 18.8 Å². The Morgan fingerprint density at radius 1 is 1.04 bits per heavy atom. The minimum Gasteiger partial charge on any atom is -0.387 e. The Labute approximate surface area is 140 Å². The third kappa shape index (κ3) is 4.50. The molecule has 1 atom stereocenters. The van der Waals surface area contributed by atoms with Crippen molar-refractivity contribution in [3.63, 3.8) is 0 Å². The number of benzene rings is 2. The fraction of sp³-hybridized carbons (Fsp3) is 0.211. The average molecular weight is 325 g/mol. The second-order valence-corrected chi connectivity index (χ2v) is 5.73. The number of aliphatic hydroxyl groups is 1. The molecule has 5 heteroatoms. The molecule has 0 saturated carbocycles. The maximum atomic E-state index is 12.9. The standard InChI is InChI=1S/C19H20FN3O/c20-18-8-6-17(7-9-18)19(24)12-21-10-16-11-22-23(14-16)13-15-4-2-1-3-5-15/h1-9,11,14,19,21,24H,10,12-13H2/t19-/m0/s1. The molecule has 0 radical (unpaired) electrons. The molecule has 3 rings (SSSR count). The number of hydrogen-bond donors (Lipinski definition) is 2. The van der Waals surface area contributed by atoms with E-state index in [2.05, 4.69) is 22.5 Å². The lowest BCUT2D eigenvalue weighted by Crippen LogP contribution is -2.20. The van der Waals surface area contributed by atoms with Gasteiger partial charge in [-0.1, -0.05) is 42.5 Å². The van der Waals surface area contributed by atoms with Gasteiger partial charge in [-0.05, 0) is 23.3 Å². The van der Waals surface area contributed by atoms with Gasteiger partial charge in [0.2, 0.25) is 0 Å². The van der Waals surface area contributed by atoms with Crippen LogP contribution in [0.3, 0.4) is 0 Å². The first-order valence-electron chi connectivity index (χ1n) is 7.90. The first-order valence-corrected chi connectivity index (χ1v) is 7.90. The van der Waals surface area contributed by atoms with Crippen LogP contribution < -0.4 is 5.32 Å². The van der Waals surface area contributed by atoms with Gasteiger partial charge in [-0.2, -0.15) is 5.10 Å². The highest BCUT2D eigenvalue weighted by atomic mass is 19.1. The molecule has 4 nitrogen and oxygen atoms in total. The summed E-state index contributed by atoms with van der Waals surface area (Å²) in [5, 5.41) is 17.6. The molecule has 0 aliphatic carbocycles. The van der Waals surface area contributed by atoms with E-state index >= 15 is 0 Å². The molecule has 1 aromatic heterocycles.